The molecule has 1 aromatic heterocycles. The van der Waals surface area contributed by atoms with Gasteiger partial charge in [-0.15, -0.1) is 0 Å². The third kappa shape index (κ3) is 6.31. The van der Waals surface area contributed by atoms with Crippen molar-refractivity contribution in [3.63, 3.8) is 0 Å². The molecule has 2 N–H and O–H groups in total. The average Bonchev–Trinajstić information content (AvgIpc) is 3.07. The number of nitrogens with one attached hydrogen (secondary N) is 2. The van der Waals surface area contributed by atoms with Crippen molar-refractivity contribution in [2.75, 3.05) is 41.3 Å². The molecule has 2 saturated heterocycles. The number of benzene rings is 1. The summed E-state index contributed by atoms with van der Waals surface area (Å²) < 4.78 is 0. The molecule has 3 heterocycles. The molecule has 0 spiro atoms. The minimum Gasteiger partial charge on any atom is -0.358 e. The molecule has 2 unspecified atom stereocenters. The second-order valence-electron chi connectivity index (χ2n) is 9.45. The topological polar surface area (TPSA) is 56.3 Å². The quantitative estimate of drug-likeness (QED) is 0.631. The van der Waals surface area contributed by atoms with Crippen molar-refractivity contribution in [3.8, 4) is 0 Å². The number of thiocarbonyl (C=S) groups is 1. The molecule has 6 nitrogen and oxygen atoms in total. The molecule has 2 atom stereocenters. The number of rotatable bonds is 5. The van der Waals surface area contributed by atoms with Gasteiger partial charge >= 0.3 is 0 Å². The van der Waals surface area contributed by atoms with E-state index in [0.29, 0.717) is 29.4 Å². The lowest BCUT2D eigenvalue weighted by molar-refractivity contribution is 0.355. The number of aromatic nitrogens is 2. The first kappa shape index (κ1) is 22.8. The lowest BCUT2D eigenvalue weighted by atomic mass is 9.92. The number of nitrogens with zero attached hydrogens (tertiary/aromatic N) is 4. The Bertz CT molecular complexity index is 871. The minimum absolute atomic E-state index is 0.549. The third-order valence-corrected chi connectivity index (χ3v) is 6.59. The highest BCUT2D eigenvalue weighted by atomic mass is 32.1. The smallest absolute Gasteiger partial charge is 0.232 e. The zero-order chi connectivity index (χ0) is 22.3. The Kier molecular flexibility index (Phi) is 7.79. The minimum atomic E-state index is 0.549. The summed E-state index contributed by atoms with van der Waals surface area (Å²) in [6.45, 7) is 9.53. The van der Waals surface area contributed by atoms with Gasteiger partial charge in [-0.1, -0.05) is 57.0 Å². The van der Waals surface area contributed by atoms with Crippen LogP contribution in [-0.2, 0) is 6.54 Å². The summed E-state index contributed by atoms with van der Waals surface area (Å²) in [5, 5.41) is 7.09. The molecule has 0 bridgehead atoms. The molecule has 0 amide bonds. The van der Waals surface area contributed by atoms with E-state index in [1.807, 2.05) is 18.2 Å². The molecule has 2 fully saturated rings. The molecule has 4 rings (SSSR count). The van der Waals surface area contributed by atoms with Crippen molar-refractivity contribution in [1.29, 1.82) is 0 Å². The van der Waals surface area contributed by atoms with Crippen molar-refractivity contribution in [2.45, 2.75) is 52.5 Å². The van der Waals surface area contributed by atoms with E-state index in [2.05, 4.69) is 52.5 Å². The van der Waals surface area contributed by atoms with Crippen LogP contribution < -0.4 is 20.4 Å². The van der Waals surface area contributed by atoms with Crippen molar-refractivity contribution >= 4 is 34.9 Å². The highest BCUT2D eigenvalue weighted by Crippen LogP contribution is 2.29. The first-order valence-corrected chi connectivity index (χ1v) is 12.5. The third-order valence-electron chi connectivity index (χ3n) is 6.34. The lowest BCUT2D eigenvalue weighted by Crippen LogP contribution is -2.39. The average molecular weight is 453 g/mol. The van der Waals surface area contributed by atoms with Crippen molar-refractivity contribution in [3.05, 3.63) is 42.0 Å². The van der Waals surface area contributed by atoms with E-state index in [-0.39, 0.29) is 0 Å². The maximum atomic E-state index is 5.56. The predicted octanol–water partition coefficient (Wildman–Crippen LogP) is 4.83. The zero-order valence-corrected chi connectivity index (χ0v) is 20.2. The summed E-state index contributed by atoms with van der Waals surface area (Å²) in [5.74, 6) is 3.93. The molecule has 172 valence electrons. The molecular weight excluding hydrogens is 416 g/mol. The van der Waals surface area contributed by atoms with Gasteiger partial charge in [-0.3, -0.25) is 0 Å². The van der Waals surface area contributed by atoms with E-state index in [0.717, 1.165) is 37.8 Å². The van der Waals surface area contributed by atoms with Crippen LogP contribution in [0.1, 0.15) is 51.5 Å². The van der Waals surface area contributed by atoms with Gasteiger partial charge in [0.05, 0.1) is 0 Å². The largest absolute Gasteiger partial charge is 0.358 e. The SMILES string of the molecule is CC1CC(C)CN(c2cc(N3CCCCCC3)nc(NC(=S)NCc3ccccc3)n2)C1. The molecule has 0 radical (unpaired) electrons. The number of anilines is 3. The Morgan fingerprint density at radius 1 is 0.938 bits per heavy atom. The van der Waals surface area contributed by atoms with Crippen LogP contribution in [0.4, 0.5) is 17.6 Å². The van der Waals surface area contributed by atoms with Gasteiger partial charge in [0.2, 0.25) is 5.95 Å². The number of hydrogen-bond donors (Lipinski definition) is 2. The highest BCUT2D eigenvalue weighted by molar-refractivity contribution is 7.80. The van der Waals surface area contributed by atoms with Gasteiger partial charge in [0, 0.05) is 38.8 Å². The maximum Gasteiger partial charge on any atom is 0.232 e. The Morgan fingerprint density at radius 3 is 2.22 bits per heavy atom. The van der Waals surface area contributed by atoms with Crippen LogP contribution in [-0.4, -0.2) is 41.3 Å². The Hall–Kier alpha value is -2.41. The van der Waals surface area contributed by atoms with Gasteiger partial charge < -0.3 is 20.4 Å². The van der Waals surface area contributed by atoms with Crippen LogP contribution in [0.5, 0.6) is 0 Å². The van der Waals surface area contributed by atoms with Crippen LogP contribution in [0.15, 0.2) is 36.4 Å². The second kappa shape index (κ2) is 10.9. The van der Waals surface area contributed by atoms with E-state index in [1.54, 1.807) is 0 Å². The van der Waals surface area contributed by atoms with Crippen molar-refractivity contribution in [1.82, 2.24) is 15.3 Å². The van der Waals surface area contributed by atoms with E-state index in [1.165, 1.54) is 37.7 Å². The monoisotopic (exact) mass is 452 g/mol. The van der Waals surface area contributed by atoms with E-state index < -0.39 is 0 Å². The lowest BCUT2D eigenvalue weighted by Gasteiger charge is -2.36. The summed E-state index contributed by atoms with van der Waals surface area (Å²) in [5.41, 5.74) is 1.19. The van der Waals surface area contributed by atoms with Crippen molar-refractivity contribution < 1.29 is 0 Å². The summed E-state index contributed by atoms with van der Waals surface area (Å²) >= 11 is 5.56. The van der Waals surface area contributed by atoms with Gasteiger partial charge in [0.1, 0.15) is 11.6 Å². The van der Waals surface area contributed by atoms with E-state index in [4.69, 9.17) is 22.2 Å². The summed E-state index contributed by atoms with van der Waals surface area (Å²) in [7, 11) is 0. The first-order valence-electron chi connectivity index (χ1n) is 12.0. The van der Waals surface area contributed by atoms with Gasteiger partial charge in [0.15, 0.2) is 5.11 Å². The van der Waals surface area contributed by atoms with Crippen LogP contribution in [0.2, 0.25) is 0 Å². The van der Waals surface area contributed by atoms with Crippen LogP contribution in [0.3, 0.4) is 0 Å². The molecular formula is C25H36N6S. The fourth-order valence-corrected chi connectivity index (χ4v) is 5.04. The zero-order valence-electron chi connectivity index (χ0n) is 19.4. The van der Waals surface area contributed by atoms with Crippen LogP contribution in [0, 0.1) is 11.8 Å². The van der Waals surface area contributed by atoms with Crippen LogP contribution >= 0.6 is 12.2 Å². The van der Waals surface area contributed by atoms with Gasteiger partial charge in [-0.25, -0.2) is 0 Å². The summed E-state index contributed by atoms with van der Waals surface area (Å²) in [6, 6.07) is 12.4. The normalized spacial score (nSPS) is 21.7. The summed E-state index contributed by atoms with van der Waals surface area (Å²) in [6.07, 6.45) is 6.31. The Balaban J connectivity index is 1.53. The number of hydrogen-bond acceptors (Lipinski definition) is 5. The highest BCUT2D eigenvalue weighted by Gasteiger charge is 2.24. The van der Waals surface area contributed by atoms with Crippen LogP contribution in [0.25, 0.3) is 0 Å². The molecule has 2 aliphatic heterocycles. The first-order chi connectivity index (χ1) is 15.6. The number of piperidine rings is 1. The Morgan fingerprint density at radius 2 is 1.56 bits per heavy atom. The maximum absolute atomic E-state index is 5.56. The van der Waals surface area contributed by atoms with Crippen molar-refractivity contribution in [2.24, 2.45) is 11.8 Å². The summed E-state index contributed by atoms with van der Waals surface area (Å²) in [4.78, 5) is 14.6. The predicted molar refractivity (Wildman–Crippen MR) is 137 cm³/mol. The molecule has 2 aliphatic rings. The fourth-order valence-electron chi connectivity index (χ4n) is 4.88. The van der Waals surface area contributed by atoms with E-state index >= 15 is 0 Å². The molecule has 32 heavy (non-hydrogen) atoms. The Labute approximate surface area is 197 Å². The molecule has 7 heteroatoms. The van der Waals surface area contributed by atoms with E-state index in [9.17, 15) is 0 Å². The molecule has 0 saturated carbocycles. The second-order valence-corrected chi connectivity index (χ2v) is 9.86. The van der Waals surface area contributed by atoms with Gasteiger partial charge in [0.25, 0.3) is 0 Å². The molecule has 0 aliphatic carbocycles. The van der Waals surface area contributed by atoms with Gasteiger partial charge in [-0.2, -0.15) is 9.97 Å². The standard InChI is InChI=1S/C25H36N6S/c1-19-14-20(2)18-31(17-19)23-15-22(30-12-8-3-4-9-13-30)27-24(28-23)29-25(32)26-16-21-10-6-5-7-11-21/h5-7,10-11,15,19-20H,3-4,8-9,12-14,16-18H2,1-2H3,(H2,26,27,28,29,32). The molecule has 1 aromatic carbocycles. The fraction of sp³-hybridized carbons (Fsp3) is 0.560. The molecule has 2 aromatic rings. The van der Waals surface area contributed by atoms with Gasteiger partial charge in [-0.05, 0) is 48.9 Å².